The van der Waals surface area contributed by atoms with Crippen LogP contribution in [0.2, 0.25) is 0 Å². The largest absolute Gasteiger partial charge is 0.370 e. The summed E-state index contributed by atoms with van der Waals surface area (Å²) in [7, 11) is 0. The molecule has 0 aromatic carbocycles. The van der Waals surface area contributed by atoms with E-state index in [1.165, 1.54) is 0 Å². The molecular formula is C11H12BrN5O2. The molecule has 0 fully saturated rings. The molecular weight excluding hydrogens is 314 g/mol. The average Bonchev–Trinajstić information content (AvgIpc) is 2.77. The predicted molar refractivity (Wildman–Crippen MR) is 73.1 cm³/mol. The van der Waals surface area contributed by atoms with Crippen LogP contribution in [0.15, 0.2) is 21.3 Å². The van der Waals surface area contributed by atoms with Crippen LogP contribution in [0.5, 0.6) is 0 Å². The molecule has 0 aliphatic heterocycles. The van der Waals surface area contributed by atoms with Crippen molar-refractivity contribution in [2.75, 3.05) is 17.2 Å². The molecule has 7 nitrogen and oxygen atoms in total. The summed E-state index contributed by atoms with van der Waals surface area (Å²) in [5, 5.41) is 9.14. The zero-order valence-electron chi connectivity index (χ0n) is 10.4. The van der Waals surface area contributed by atoms with Crippen LogP contribution < -0.4 is 10.6 Å². The Bertz CT molecular complexity index is 599. The van der Waals surface area contributed by atoms with Gasteiger partial charge < -0.3 is 9.84 Å². The van der Waals surface area contributed by atoms with Crippen molar-refractivity contribution in [2.24, 2.45) is 0 Å². The highest BCUT2D eigenvalue weighted by molar-refractivity contribution is 9.10. The molecule has 0 aliphatic rings. The number of nitrogens with zero attached hydrogens (tertiary/aromatic N) is 3. The van der Waals surface area contributed by atoms with Crippen molar-refractivity contribution in [3.05, 3.63) is 28.1 Å². The highest BCUT2D eigenvalue weighted by atomic mass is 79.9. The first-order chi connectivity index (χ1) is 9.10. The molecule has 2 aromatic heterocycles. The number of aromatic nitrogens is 3. The van der Waals surface area contributed by atoms with E-state index in [0.29, 0.717) is 28.2 Å². The topological polar surface area (TPSA) is 92.9 Å². The predicted octanol–water partition coefficient (Wildman–Crippen LogP) is 2.22. The van der Waals surface area contributed by atoms with Crippen LogP contribution in [-0.2, 0) is 0 Å². The molecule has 0 saturated carbocycles. The van der Waals surface area contributed by atoms with Crippen molar-refractivity contribution in [3.63, 3.8) is 0 Å². The van der Waals surface area contributed by atoms with Gasteiger partial charge in [-0.25, -0.2) is 4.98 Å². The van der Waals surface area contributed by atoms with Gasteiger partial charge in [-0.1, -0.05) is 5.16 Å². The number of nitrogens with one attached hydrogen (secondary N) is 2. The standard InChI is InChI=1S/C11H12BrN5O2/c1-3-13-9-8(4-7(12)5-14-9)10(18)16-11-15-6(2)17-19-11/h4-5H,3H2,1-2H3,(H,13,14)(H,15,16,17,18). The fraction of sp³-hybridized carbons (Fsp3) is 0.273. The first kappa shape index (κ1) is 13.5. The van der Waals surface area contributed by atoms with E-state index < -0.39 is 0 Å². The molecule has 0 unspecified atom stereocenters. The van der Waals surface area contributed by atoms with Crippen molar-refractivity contribution in [1.82, 2.24) is 15.1 Å². The number of hydrogen-bond acceptors (Lipinski definition) is 6. The number of aryl methyl sites for hydroxylation is 1. The number of anilines is 2. The van der Waals surface area contributed by atoms with Gasteiger partial charge in [-0.3, -0.25) is 10.1 Å². The molecule has 8 heteroatoms. The number of hydrogen-bond donors (Lipinski definition) is 2. The molecule has 2 N–H and O–H groups in total. The lowest BCUT2D eigenvalue weighted by Crippen LogP contribution is -2.16. The number of pyridine rings is 1. The molecule has 0 spiro atoms. The average molecular weight is 326 g/mol. The minimum Gasteiger partial charge on any atom is -0.370 e. The van der Waals surface area contributed by atoms with Gasteiger partial charge >= 0.3 is 6.01 Å². The second kappa shape index (κ2) is 5.79. The summed E-state index contributed by atoms with van der Waals surface area (Å²) in [6.45, 7) is 4.26. The van der Waals surface area contributed by atoms with Crippen molar-refractivity contribution in [3.8, 4) is 0 Å². The molecule has 100 valence electrons. The number of rotatable bonds is 4. The first-order valence-corrected chi connectivity index (χ1v) is 6.40. The third-order valence-electron chi connectivity index (χ3n) is 2.19. The van der Waals surface area contributed by atoms with Gasteiger partial charge in [0.1, 0.15) is 5.82 Å². The van der Waals surface area contributed by atoms with Crippen molar-refractivity contribution in [1.29, 1.82) is 0 Å². The van der Waals surface area contributed by atoms with E-state index in [9.17, 15) is 4.79 Å². The summed E-state index contributed by atoms with van der Waals surface area (Å²) in [5.74, 6) is 0.586. The van der Waals surface area contributed by atoms with Gasteiger partial charge in [0.25, 0.3) is 5.91 Å². The molecule has 2 rings (SSSR count). The molecule has 19 heavy (non-hydrogen) atoms. The minimum atomic E-state index is -0.367. The second-order valence-electron chi connectivity index (χ2n) is 3.68. The van der Waals surface area contributed by atoms with Gasteiger partial charge in [0.15, 0.2) is 5.82 Å². The highest BCUT2D eigenvalue weighted by Crippen LogP contribution is 2.19. The quantitative estimate of drug-likeness (QED) is 0.895. The Morgan fingerprint density at radius 3 is 2.95 bits per heavy atom. The van der Waals surface area contributed by atoms with Crippen LogP contribution in [0.1, 0.15) is 23.1 Å². The third-order valence-corrected chi connectivity index (χ3v) is 2.62. The van der Waals surface area contributed by atoms with Gasteiger partial charge in [0, 0.05) is 17.2 Å². The minimum absolute atomic E-state index is 0.0601. The Morgan fingerprint density at radius 1 is 1.53 bits per heavy atom. The van der Waals surface area contributed by atoms with Gasteiger partial charge in [0.05, 0.1) is 5.56 Å². The molecule has 0 radical (unpaired) electrons. The van der Waals surface area contributed by atoms with Crippen molar-refractivity contribution >= 4 is 33.7 Å². The highest BCUT2D eigenvalue weighted by Gasteiger charge is 2.15. The zero-order valence-corrected chi connectivity index (χ0v) is 12.0. The Hall–Kier alpha value is -1.96. The fourth-order valence-electron chi connectivity index (χ4n) is 1.43. The molecule has 1 amide bonds. The second-order valence-corrected chi connectivity index (χ2v) is 4.60. The maximum atomic E-state index is 12.1. The van der Waals surface area contributed by atoms with E-state index in [0.717, 1.165) is 0 Å². The smallest absolute Gasteiger partial charge is 0.328 e. The Labute approximate surface area is 117 Å². The molecule has 0 saturated heterocycles. The maximum absolute atomic E-state index is 12.1. The van der Waals surface area contributed by atoms with E-state index in [-0.39, 0.29) is 11.9 Å². The van der Waals surface area contributed by atoms with Crippen LogP contribution in [0.4, 0.5) is 11.8 Å². The SMILES string of the molecule is CCNc1ncc(Br)cc1C(=O)Nc1nc(C)no1. The van der Waals surface area contributed by atoms with E-state index in [4.69, 9.17) is 4.52 Å². The number of halogens is 1. The van der Waals surface area contributed by atoms with Gasteiger partial charge in [-0.15, -0.1) is 0 Å². The Balaban J connectivity index is 2.24. The lowest BCUT2D eigenvalue weighted by atomic mass is 10.2. The number of amides is 1. The third kappa shape index (κ3) is 3.28. The summed E-state index contributed by atoms with van der Waals surface area (Å²) < 4.78 is 5.55. The fourth-order valence-corrected chi connectivity index (χ4v) is 1.76. The van der Waals surface area contributed by atoms with E-state index in [1.54, 1.807) is 19.2 Å². The molecule has 2 heterocycles. The molecule has 0 atom stereocenters. The lowest BCUT2D eigenvalue weighted by molar-refractivity contribution is 0.102. The molecule has 0 bridgehead atoms. The van der Waals surface area contributed by atoms with Gasteiger partial charge in [-0.2, -0.15) is 4.98 Å². The summed E-state index contributed by atoms with van der Waals surface area (Å²) in [6, 6.07) is 1.73. The van der Waals surface area contributed by atoms with E-state index >= 15 is 0 Å². The summed E-state index contributed by atoms with van der Waals surface area (Å²) in [6.07, 6.45) is 1.62. The number of carbonyl (C=O) groups excluding carboxylic acids is 1. The molecule has 2 aromatic rings. The van der Waals surface area contributed by atoms with Crippen molar-refractivity contribution < 1.29 is 9.32 Å². The normalized spacial score (nSPS) is 10.3. The van der Waals surface area contributed by atoms with E-state index in [1.807, 2.05) is 6.92 Å². The maximum Gasteiger partial charge on any atom is 0.328 e. The summed E-state index contributed by atoms with van der Waals surface area (Å²) in [5.41, 5.74) is 0.395. The van der Waals surface area contributed by atoms with Crippen molar-refractivity contribution in [2.45, 2.75) is 13.8 Å². The molecule has 0 aliphatic carbocycles. The van der Waals surface area contributed by atoms with Gasteiger partial charge in [0.2, 0.25) is 0 Å². The van der Waals surface area contributed by atoms with Crippen LogP contribution in [0.25, 0.3) is 0 Å². The Morgan fingerprint density at radius 2 is 2.32 bits per heavy atom. The van der Waals surface area contributed by atoms with Crippen LogP contribution in [0.3, 0.4) is 0 Å². The van der Waals surface area contributed by atoms with Crippen LogP contribution >= 0.6 is 15.9 Å². The lowest BCUT2D eigenvalue weighted by Gasteiger charge is -2.08. The van der Waals surface area contributed by atoms with Gasteiger partial charge in [-0.05, 0) is 35.8 Å². The summed E-state index contributed by atoms with van der Waals surface area (Å²) in [4.78, 5) is 20.2. The number of carbonyl (C=O) groups is 1. The zero-order chi connectivity index (χ0) is 13.8. The Kier molecular flexibility index (Phi) is 4.10. The monoisotopic (exact) mass is 325 g/mol. The first-order valence-electron chi connectivity index (χ1n) is 5.61. The van der Waals surface area contributed by atoms with Crippen LogP contribution in [0, 0.1) is 6.92 Å². The summed E-state index contributed by atoms with van der Waals surface area (Å²) >= 11 is 3.28. The van der Waals surface area contributed by atoms with Crippen LogP contribution in [-0.4, -0.2) is 27.6 Å². The van der Waals surface area contributed by atoms with E-state index in [2.05, 4.69) is 41.7 Å².